The maximum Gasteiger partial charge on any atom is 0.140 e. The summed E-state index contributed by atoms with van der Waals surface area (Å²) in [6.07, 6.45) is 9.29. The first kappa shape index (κ1) is 17.3. The van der Waals surface area contributed by atoms with Crippen LogP contribution < -0.4 is 5.32 Å². The van der Waals surface area contributed by atoms with Gasteiger partial charge in [-0.25, -0.2) is 4.68 Å². The normalized spacial score (nSPS) is 31.3. The molecular formula is C21H29N4O2+. The molecule has 3 fully saturated rings. The average Bonchev–Trinajstić information content (AvgIpc) is 3.44. The quantitative estimate of drug-likeness (QED) is 0.873. The lowest BCUT2D eigenvalue weighted by molar-refractivity contribution is -0.698. The van der Waals surface area contributed by atoms with Crippen molar-refractivity contribution in [3.05, 3.63) is 36.5 Å². The lowest BCUT2D eigenvalue weighted by Crippen LogP contribution is -2.93. The first-order valence-electron chi connectivity index (χ1n) is 10.4. The smallest absolute Gasteiger partial charge is 0.140 e. The lowest BCUT2D eigenvalue weighted by atomic mass is 9.89. The van der Waals surface area contributed by atoms with Crippen LogP contribution in [0.15, 0.2) is 36.5 Å². The van der Waals surface area contributed by atoms with Crippen molar-refractivity contribution < 1.29 is 14.8 Å². The Morgan fingerprint density at radius 3 is 2.67 bits per heavy atom. The molecule has 2 N–H and O–H groups in total. The molecule has 2 saturated heterocycles. The molecule has 0 bridgehead atoms. The van der Waals surface area contributed by atoms with Crippen LogP contribution in [0, 0.1) is 5.92 Å². The highest BCUT2D eigenvalue weighted by Gasteiger charge is 2.50. The van der Waals surface area contributed by atoms with Crippen LogP contribution in [-0.4, -0.2) is 53.0 Å². The monoisotopic (exact) mass is 369 g/mol. The Balaban J connectivity index is 1.22. The Bertz CT molecular complexity index is 744. The van der Waals surface area contributed by atoms with E-state index < -0.39 is 0 Å². The van der Waals surface area contributed by atoms with E-state index in [4.69, 9.17) is 9.47 Å². The molecule has 6 nitrogen and oxygen atoms in total. The van der Waals surface area contributed by atoms with E-state index in [1.807, 2.05) is 29.1 Å². The van der Waals surface area contributed by atoms with E-state index in [-0.39, 0.29) is 18.2 Å². The Morgan fingerprint density at radius 1 is 1.00 bits per heavy atom. The summed E-state index contributed by atoms with van der Waals surface area (Å²) in [4.78, 5) is 0. The van der Waals surface area contributed by atoms with E-state index in [1.54, 1.807) is 0 Å². The number of hydrogen-bond acceptors (Lipinski definition) is 4. The van der Waals surface area contributed by atoms with Crippen LogP contribution in [-0.2, 0) is 9.47 Å². The summed E-state index contributed by atoms with van der Waals surface area (Å²) >= 11 is 0. The van der Waals surface area contributed by atoms with Gasteiger partial charge in [0.05, 0.1) is 19.3 Å². The van der Waals surface area contributed by atoms with E-state index in [9.17, 15) is 0 Å². The molecule has 0 unspecified atom stereocenters. The summed E-state index contributed by atoms with van der Waals surface area (Å²) in [6.45, 7) is 2.65. The van der Waals surface area contributed by atoms with Gasteiger partial charge in [0, 0.05) is 11.5 Å². The Morgan fingerprint density at radius 2 is 1.81 bits per heavy atom. The average molecular weight is 369 g/mol. The molecule has 27 heavy (non-hydrogen) atoms. The molecule has 2 aromatic rings. The van der Waals surface area contributed by atoms with Crippen LogP contribution in [0.5, 0.6) is 0 Å². The van der Waals surface area contributed by atoms with Crippen molar-refractivity contribution in [2.45, 2.75) is 56.4 Å². The molecule has 3 heterocycles. The molecular weight excluding hydrogens is 340 g/mol. The van der Waals surface area contributed by atoms with Crippen molar-refractivity contribution >= 4 is 0 Å². The zero-order valence-corrected chi connectivity index (χ0v) is 15.7. The van der Waals surface area contributed by atoms with Crippen molar-refractivity contribution in [2.75, 3.05) is 19.8 Å². The minimum atomic E-state index is 0.0860. The van der Waals surface area contributed by atoms with Gasteiger partial charge in [-0.1, -0.05) is 54.8 Å². The molecule has 1 aliphatic carbocycles. The Labute approximate surface area is 160 Å². The van der Waals surface area contributed by atoms with Crippen LogP contribution in [0.2, 0.25) is 0 Å². The second-order valence-electron chi connectivity index (χ2n) is 8.25. The first-order chi connectivity index (χ1) is 13.4. The molecule has 3 aliphatic rings. The maximum atomic E-state index is 6.17. The third-order valence-corrected chi connectivity index (χ3v) is 6.48. The zero-order valence-electron chi connectivity index (χ0n) is 15.7. The predicted octanol–water partition coefficient (Wildman–Crippen LogP) is 1.80. The first-order valence-corrected chi connectivity index (χ1v) is 10.4. The number of aromatic nitrogens is 3. The minimum Gasteiger partial charge on any atom is -0.367 e. The Hall–Kier alpha value is -1.76. The number of nitrogens with zero attached hydrogens (tertiary/aromatic N) is 3. The molecule has 4 atom stereocenters. The number of rotatable bonds is 5. The van der Waals surface area contributed by atoms with E-state index in [0.717, 1.165) is 23.8 Å². The summed E-state index contributed by atoms with van der Waals surface area (Å²) in [5, 5.41) is 11.2. The summed E-state index contributed by atoms with van der Waals surface area (Å²) in [5.74, 6) is 0.874. The number of hydrogen-bond donors (Lipinski definition) is 1. The largest absolute Gasteiger partial charge is 0.367 e. The predicted molar refractivity (Wildman–Crippen MR) is 101 cm³/mol. The van der Waals surface area contributed by atoms with Gasteiger partial charge in [0.2, 0.25) is 0 Å². The molecule has 1 saturated carbocycles. The van der Waals surface area contributed by atoms with Crippen LogP contribution >= 0.6 is 0 Å². The van der Waals surface area contributed by atoms with Gasteiger partial charge in [-0.2, -0.15) is 0 Å². The highest BCUT2D eigenvalue weighted by Crippen LogP contribution is 2.33. The van der Waals surface area contributed by atoms with Gasteiger partial charge >= 0.3 is 0 Å². The third kappa shape index (κ3) is 3.53. The molecule has 1 aromatic heterocycles. The molecule has 1 aromatic carbocycles. The van der Waals surface area contributed by atoms with E-state index >= 15 is 0 Å². The molecule has 5 rings (SSSR count). The van der Waals surface area contributed by atoms with Crippen LogP contribution in [0.3, 0.4) is 0 Å². The number of fused-ring (bicyclic) bond motifs is 1. The van der Waals surface area contributed by atoms with Crippen molar-refractivity contribution in [1.29, 1.82) is 0 Å². The van der Waals surface area contributed by atoms with Crippen LogP contribution in [0.4, 0.5) is 0 Å². The lowest BCUT2D eigenvalue weighted by Gasteiger charge is -2.22. The SMILES string of the molecule is c1ccc(-c2cn([C@H]3CO[C@H]4[C@@H]3OC[C@@H]4[NH2+]CC3CCCCC3)nn2)cc1. The highest BCUT2D eigenvalue weighted by molar-refractivity contribution is 5.57. The van der Waals surface area contributed by atoms with Crippen LogP contribution in [0.1, 0.15) is 38.1 Å². The molecule has 0 amide bonds. The van der Waals surface area contributed by atoms with Crippen molar-refractivity contribution in [3.63, 3.8) is 0 Å². The molecule has 2 aliphatic heterocycles. The fraction of sp³-hybridized carbons (Fsp3) is 0.619. The van der Waals surface area contributed by atoms with E-state index in [1.165, 1.54) is 38.6 Å². The fourth-order valence-electron chi connectivity index (χ4n) is 4.91. The van der Waals surface area contributed by atoms with E-state index in [2.05, 4.69) is 27.8 Å². The fourth-order valence-corrected chi connectivity index (χ4v) is 4.91. The number of quaternary nitrogens is 1. The number of ether oxygens (including phenoxy) is 2. The molecule has 0 spiro atoms. The highest BCUT2D eigenvalue weighted by atomic mass is 16.6. The summed E-state index contributed by atoms with van der Waals surface area (Å²) < 4.78 is 14.3. The minimum absolute atomic E-state index is 0.0860. The summed E-state index contributed by atoms with van der Waals surface area (Å²) in [5.41, 5.74) is 1.99. The number of benzene rings is 1. The van der Waals surface area contributed by atoms with Crippen LogP contribution in [0.25, 0.3) is 11.3 Å². The van der Waals surface area contributed by atoms with Gasteiger partial charge in [0.25, 0.3) is 0 Å². The van der Waals surface area contributed by atoms with Gasteiger partial charge in [0.15, 0.2) is 0 Å². The molecule has 0 radical (unpaired) electrons. The van der Waals surface area contributed by atoms with Gasteiger partial charge in [0.1, 0.15) is 36.6 Å². The van der Waals surface area contributed by atoms with Gasteiger partial charge in [-0.05, 0) is 12.8 Å². The van der Waals surface area contributed by atoms with Gasteiger partial charge < -0.3 is 14.8 Å². The standard InChI is InChI=1S/C21H28N4O2/c1-3-7-15(8-4-1)11-22-18-13-26-21-19(14-27-20(18)21)25-12-17(23-24-25)16-9-5-2-6-10-16/h2,5-6,9-10,12,15,18-22H,1,3-4,7-8,11,13-14H2/p+1/t18-,19-,20+,21+/m0/s1. The third-order valence-electron chi connectivity index (χ3n) is 6.48. The molecule has 144 valence electrons. The van der Waals surface area contributed by atoms with E-state index in [0.29, 0.717) is 12.6 Å². The van der Waals surface area contributed by atoms with Crippen molar-refractivity contribution in [1.82, 2.24) is 15.0 Å². The second kappa shape index (κ2) is 7.70. The second-order valence-corrected chi connectivity index (χ2v) is 8.25. The maximum absolute atomic E-state index is 6.17. The Kier molecular flexibility index (Phi) is 4.95. The number of nitrogens with two attached hydrogens (primary N) is 1. The summed E-state index contributed by atoms with van der Waals surface area (Å²) in [7, 11) is 0. The van der Waals surface area contributed by atoms with Crippen molar-refractivity contribution in [2.24, 2.45) is 5.92 Å². The molecule has 6 heteroatoms. The van der Waals surface area contributed by atoms with Gasteiger partial charge in [-0.15, -0.1) is 5.10 Å². The summed E-state index contributed by atoms with van der Waals surface area (Å²) in [6, 6.07) is 10.7. The topological polar surface area (TPSA) is 65.8 Å². The zero-order chi connectivity index (χ0) is 18.1. The van der Waals surface area contributed by atoms with Crippen molar-refractivity contribution in [3.8, 4) is 11.3 Å². The van der Waals surface area contributed by atoms with Gasteiger partial charge in [-0.3, -0.25) is 0 Å².